The average Bonchev–Trinajstić information content (AvgIpc) is 2.64. The van der Waals surface area contributed by atoms with Crippen LogP contribution in [0.4, 0.5) is 26.2 Å². The third-order valence-electron chi connectivity index (χ3n) is 5.63. The van der Waals surface area contributed by atoms with Crippen molar-refractivity contribution in [2.75, 3.05) is 28.6 Å². The lowest BCUT2D eigenvalue weighted by atomic mass is 9.78. The lowest BCUT2D eigenvalue weighted by Crippen LogP contribution is -2.60. The van der Waals surface area contributed by atoms with Crippen LogP contribution < -0.4 is 15.5 Å². The SMILES string of the molecule is Nc1nc(Cl)cc(N2CCC3(CCCC(=O)N3c3ccc(F)c(F)c3)CC2)n1. The molecule has 6 nitrogen and oxygen atoms in total. The van der Waals surface area contributed by atoms with Gasteiger partial charge in [-0.25, -0.2) is 13.8 Å². The predicted octanol–water partition coefficient (Wildman–Crippen LogP) is 3.55. The molecule has 1 amide bonds. The molecule has 1 aromatic carbocycles. The molecule has 2 aliphatic rings. The van der Waals surface area contributed by atoms with Crippen LogP contribution in [0.5, 0.6) is 0 Å². The van der Waals surface area contributed by atoms with E-state index < -0.39 is 17.2 Å². The molecule has 1 aromatic heterocycles. The Morgan fingerprint density at radius 2 is 1.82 bits per heavy atom. The maximum atomic E-state index is 13.8. The minimum absolute atomic E-state index is 0.0555. The zero-order chi connectivity index (χ0) is 19.9. The summed E-state index contributed by atoms with van der Waals surface area (Å²) in [5.74, 6) is -1.17. The van der Waals surface area contributed by atoms with E-state index in [1.54, 1.807) is 11.0 Å². The van der Waals surface area contributed by atoms with E-state index in [0.717, 1.165) is 25.0 Å². The number of benzene rings is 1. The molecule has 2 aliphatic heterocycles. The monoisotopic (exact) mass is 407 g/mol. The van der Waals surface area contributed by atoms with E-state index in [-0.39, 0.29) is 17.0 Å². The van der Waals surface area contributed by atoms with E-state index >= 15 is 0 Å². The van der Waals surface area contributed by atoms with Crippen LogP contribution >= 0.6 is 11.6 Å². The predicted molar refractivity (Wildman–Crippen MR) is 103 cm³/mol. The van der Waals surface area contributed by atoms with Crippen LogP contribution in [0.25, 0.3) is 0 Å². The third-order valence-corrected chi connectivity index (χ3v) is 5.83. The van der Waals surface area contributed by atoms with E-state index in [1.807, 2.05) is 0 Å². The van der Waals surface area contributed by atoms with E-state index in [2.05, 4.69) is 14.9 Å². The van der Waals surface area contributed by atoms with E-state index in [9.17, 15) is 13.6 Å². The van der Waals surface area contributed by atoms with E-state index in [1.165, 1.54) is 6.07 Å². The van der Waals surface area contributed by atoms with Gasteiger partial charge in [-0.15, -0.1) is 0 Å². The van der Waals surface area contributed by atoms with Gasteiger partial charge >= 0.3 is 0 Å². The number of amides is 1. The Bertz CT molecular complexity index is 897. The molecule has 0 saturated carbocycles. The molecule has 0 atom stereocenters. The maximum absolute atomic E-state index is 13.8. The van der Waals surface area contributed by atoms with Crippen molar-refractivity contribution in [3.05, 3.63) is 41.1 Å². The summed E-state index contributed by atoms with van der Waals surface area (Å²) in [4.78, 5) is 24.6. The van der Waals surface area contributed by atoms with Crippen LogP contribution in [0.15, 0.2) is 24.3 Å². The first kappa shape index (κ1) is 18.9. The van der Waals surface area contributed by atoms with E-state index in [4.69, 9.17) is 17.3 Å². The Labute approximate surface area is 166 Å². The Kier molecular flexibility index (Phi) is 4.82. The molecule has 0 radical (unpaired) electrons. The fourth-order valence-electron chi connectivity index (χ4n) is 4.31. The fourth-order valence-corrected chi connectivity index (χ4v) is 4.49. The van der Waals surface area contributed by atoms with Crippen molar-refractivity contribution in [1.82, 2.24) is 9.97 Å². The summed E-state index contributed by atoms with van der Waals surface area (Å²) in [6.45, 7) is 1.28. The van der Waals surface area contributed by atoms with Gasteiger partial charge in [-0.3, -0.25) is 4.79 Å². The molecule has 0 bridgehead atoms. The van der Waals surface area contributed by atoms with Crippen molar-refractivity contribution in [2.45, 2.75) is 37.6 Å². The second-order valence-electron chi connectivity index (χ2n) is 7.30. The number of aromatic nitrogens is 2. The van der Waals surface area contributed by atoms with Crippen LogP contribution in [-0.2, 0) is 4.79 Å². The van der Waals surface area contributed by atoms with Gasteiger partial charge in [-0.05, 0) is 37.8 Å². The summed E-state index contributed by atoms with van der Waals surface area (Å²) in [5.41, 5.74) is 5.68. The van der Waals surface area contributed by atoms with Crippen LogP contribution in [0.1, 0.15) is 32.1 Å². The zero-order valence-corrected chi connectivity index (χ0v) is 15.9. The van der Waals surface area contributed by atoms with Gasteiger partial charge < -0.3 is 15.5 Å². The molecule has 0 unspecified atom stereocenters. The number of hydrogen-bond donors (Lipinski definition) is 1. The lowest BCUT2D eigenvalue weighted by molar-refractivity contribution is -0.121. The summed E-state index contributed by atoms with van der Waals surface area (Å²) in [6, 6.07) is 5.31. The molecule has 4 rings (SSSR count). The molecule has 2 aromatic rings. The first-order chi connectivity index (χ1) is 13.4. The number of carbonyl (C=O) groups is 1. The van der Waals surface area contributed by atoms with Gasteiger partial charge in [0.25, 0.3) is 0 Å². The van der Waals surface area contributed by atoms with Crippen molar-refractivity contribution in [1.29, 1.82) is 0 Å². The molecule has 3 heterocycles. The number of hydrogen-bond acceptors (Lipinski definition) is 5. The van der Waals surface area contributed by atoms with Crippen molar-refractivity contribution >= 4 is 35.0 Å². The number of carbonyl (C=O) groups excluding carboxylic acids is 1. The molecule has 2 N–H and O–H groups in total. The summed E-state index contributed by atoms with van der Waals surface area (Å²) < 4.78 is 27.2. The summed E-state index contributed by atoms with van der Waals surface area (Å²) in [6.07, 6.45) is 3.37. The van der Waals surface area contributed by atoms with Gasteiger partial charge in [-0.2, -0.15) is 4.98 Å². The van der Waals surface area contributed by atoms with Crippen molar-refractivity contribution in [3.8, 4) is 0 Å². The summed E-state index contributed by atoms with van der Waals surface area (Å²) in [7, 11) is 0. The number of piperidine rings is 2. The highest BCUT2D eigenvalue weighted by atomic mass is 35.5. The number of nitrogens with zero attached hydrogens (tertiary/aromatic N) is 4. The van der Waals surface area contributed by atoms with Gasteiger partial charge in [0.15, 0.2) is 11.6 Å². The largest absolute Gasteiger partial charge is 0.368 e. The molecule has 2 fully saturated rings. The highest BCUT2D eigenvalue weighted by molar-refractivity contribution is 6.29. The molecule has 148 valence electrons. The number of nitrogen functional groups attached to an aromatic ring is 1. The highest BCUT2D eigenvalue weighted by Gasteiger charge is 2.45. The minimum atomic E-state index is -0.949. The summed E-state index contributed by atoms with van der Waals surface area (Å²) in [5, 5.41) is 0.277. The first-order valence-electron chi connectivity index (χ1n) is 9.21. The zero-order valence-electron chi connectivity index (χ0n) is 15.2. The number of nitrogens with two attached hydrogens (primary N) is 1. The van der Waals surface area contributed by atoms with Crippen molar-refractivity contribution in [3.63, 3.8) is 0 Å². The Balaban J connectivity index is 1.61. The third kappa shape index (κ3) is 3.37. The van der Waals surface area contributed by atoms with Gasteiger partial charge in [0, 0.05) is 37.3 Å². The molecule has 2 saturated heterocycles. The highest BCUT2D eigenvalue weighted by Crippen LogP contribution is 2.42. The van der Waals surface area contributed by atoms with Gasteiger partial charge in [0.2, 0.25) is 11.9 Å². The maximum Gasteiger partial charge on any atom is 0.227 e. The van der Waals surface area contributed by atoms with E-state index in [0.29, 0.717) is 43.9 Å². The summed E-state index contributed by atoms with van der Waals surface area (Å²) >= 11 is 5.98. The standard InChI is InChI=1S/C19H20ClF2N5O/c20-15-11-16(25-18(23)24-15)26-8-6-19(7-9-26)5-1-2-17(28)27(19)12-3-4-13(21)14(22)10-12/h3-4,10-11H,1-2,5-9H2,(H2,23,24,25). The normalized spacial score (nSPS) is 19.3. The molecule has 1 spiro atoms. The first-order valence-corrected chi connectivity index (χ1v) is 9.59. The van der Waals surface area contributed by atoms with Gasteiger partial charge in [0.05, 0.1) is 5.54 Å². The fraction of sp³-hybridized carbons (Fsp3) is 0.421. The van der Waals surface area contributed by atoms with Gasteiger partial charge in [0.1, 0.15) is 11.0 Å². The quantitative estimate of drug-likeness (QED) is 0.770. The Hall–Kier alpha value is -2.48. The van der Waals surface area contributed by atoms with Gasteiger partial charge in [-0.1, -0.05) is 11.6 Å². The van der Waals surface area contributed by atoms with Crippen LogP contribution in [0.3, 0.4) is 0 Å². The minimum Gasteiger partial charge on any atom is -0.368 e. The second-order valence-corrected chi connectivity index (χ2v) is 7.69. The number of anilines is 3. The van der Waals surface area contributed by atoms with Crippen LogP contribution in [0, 0.1) is 11.6 Å². The Morgan fingerprint density at radius 1 is 1.07 bits per heavy atom. The molecule has 9 heteroatoms. The second kappa shape index (κ2) is 7.16. The number of rotatable bonds is 2. The van der Waals surface area contributed by atoms with Crippen molar-refractivity contribution < 1.29 is 13.6 Å². The Morgan fingerprint density at radius 3 is 2.50 bits per heavy atom. The molecule has 28 heavy (non-hydrogen) atoms. The van der Waals surface area contributed by atoms with Crippen molar-refractivity contribution in [2.24, 2.45) is 0 Å². The molecular formula is C19H20ClF2N5O. The van der Waals surface area contributed by atoms with Crippen LogP contribution in [0.2, 0.25) is 5.15 Å². The smallest absolute Gasteiger partial charge is 0.227 e. The topological polar surface area (TPSA) is 75.3 Å². The average molecular weight is 408 g/mol. The molecule has 0 aliphatic carbocycles. The van der Waals surface area contributed by atoms with Crippen LogP contribution in [-0.4, -0.2) is 34.5 Å². The number of halogens is 3. The molecular weight excluding hydrogens is 388 g/mol. The lowest BCUT2D eigenvalue weighted by Gasteiger charge is -2.51.